The Bertz CT molecular complexity index is 451. The molecule has 0 atom stereocenters. The minimum absolute atomic E-state index is 0.255. The highest BCUT2D eigenvalue weighted by Crippen LogP contribution is 2.19. The van der Waals surface area contributed by atoms with Crippen LogP contribution in [0.15, 0.2) is 34.9 Å². The van der Waals surface area contributed by atoms with Crippen LogP contribution in [0.5, 0.6) is 5.75 Å². The Kier molecular flexibility index (Phi) is 2.69. The van der Waals surface area contributed by atoms with Gasteiger partial charge in [-0.1, -0.05) is 18.2 Å². The number of phenols is 1. The van der Waals surface area contributed by atoms with Crippen molar-refractivity contribution in [3.8, 4) is 5.75 Å². The molecule has 0 aliphatic carbocycles. The topological polar surface area (TPSA) is 72.3 Å². The lowest BCUT2D eigenvalue weighted by atomic mass is 10.1. The number of phenolic OH excluding ortho intramolecular Hbond substituents is 1. The van der Waals surface area contributed by atoms with Crippen LogP contribution in [-0.4, -0.2) is 10.1 Å². The van der Waals surface area contributed by atoms with E-state index < -0.39 is 0 Å². The maximum atomic E-state index is 9.54. The van der Waals surface area contributed by atoms with Gasteiger partial charge in [0.25, 0.3) is 0 Å². The number of nitrogens with zero attached hydrogens (tertiary/aromatic N) is 1. The van der Waals surface area contributed by atoms with Crippen molar-refractivity contribution in [2.24, 2.45) is 5.73 Å². The summed E-state index contributed by atoms with van der Waals surface area (Å²) in [5.74, 6) is 0.821. The first-order valence-electron chi connectivity index (χ1n) is 4.70. The van der Waals surface area contributed by atoms with Crippen LogP contribution in [0.3, 0.4) is 0 Å². The Morgan fingerprint density at radius 1 is 1.33 bits per heavy atom. The van der Waals surface area contributed by atoms with Crippen LogP contribution < -0.4 is 5.73 Å². The molecular formula is C11H12N2O2. The minimum Gasteiger partial charge on any atom is -0.508 e. The predicted molar refractivity (Wildman–Crippen MR) is 55.3 cm³/mol. The number of para-hydroxylation sites is 1. The number of rotatable bonds is 3. The highest BCUT2D eigenvalue weighted by molar-refractivity contribution is 5.33. The number of aromatic hydroxyl groups is 1. The maximum Gasteiger partial charge on any atom is 0.198 e. The average Bonchev–Trinajstić information content (AvgIpc) is 2.69. The summed E-state index contributed by atoms with van der Waals surface area (Å²) in [6.07, 6.45) is 2.02. The Morgan fingerprint density at radius 3 is 2.80 bits per heavy atom. The van der Waals surface area contributed by atoms with Gasteiger partial charge >= 0.3 is 0 Å². The zero-order chi connectivity index (χ0) is 10.7. The summed E-state index contributed by atoms with van der Waals surface area (Å²) in [5, 5.41) is 9.54. The molecule has 2 aromatic rings. The lowest BCUT2D eigenvalue weighted by Crippen LogP contribution is -1.97. The van der Waals surface area contributed by atoms with Crippen molar-refractivity contribution in [1.29, 1.82) is 0 Å². The molecule has 0 saturated heterocycles. The quantitative estimate of drug-likeness (QED) is 0.793. The Balaban J connectivity index is 2.18. The monoisotopic (exact) mass is 204 g/mol. The van der Waals surface area contributed by atoms with Gasteiger partial charge in [0.05, 0.1) is 12.1 Å². The number of aromatic nitrogens is 1. The zero-order valence-corrected chi connectivity index (χ0v) is 8.18. The molecule has 4 nitrogen and oxygen atoms in total. The second-order valence-electron chi connectivity index (χ2n) is 3.24. The number of nitrogens with two attached hydrogens (primary N) is 1. The van der Waals surface area contributed by atoms with Crippen molar-refractivity contribution in [3.63, 3.8) is 0 Å². The third-order valence-electron chi connectivity index (χ3n) is 2.14. The molecule has 0 unspecified atom stereocenters. The lowest BCUT2D eigenvalue weighted by Gasteiger charge is -1.99. The van der Waals surface area contributed by atoms with E-state index >= 15 is 0 Å². The van der Waals surface area contributed by atoms with Crippen LogP contribution >= 0.6 is 0 Å². The van der Waals surface area contributed by atoms with Gasteiger partial charge in [-0.3, -0.25) is 0 Å². The van der Waals surface area contributed by atoms with Crippen LogP contribution in [-0.2, 0) is 13.0 Å². The number of hydrogen-bond acceptors (Lipinski definition) is 4. The first kappa shape index (κ1) is 9.73. The highest BCUT2D eigenvalue weighted by Gasteiger charge is 2.06. The van der Waals surface area contributed by atoms with E-state index in [-0.39, 0.29) is 5.75 Å². The van der Waals surface area contributed by atoms with Crippen molar-refractivity contribution < 1.29 is 9.52 Å². The molecule has 0 spiro atoms. The van der Waals surface area contributed by atoms with Crippen molar-refractivity contribution in [2.45, 2.75) is 13.0 Å². The summed E-state index contributed by atoms with van der Waals surface area (Å²) in [7, 11) is 0. The van der Waals surface area contributed by atoms with Gasteiger partial charge in [-0.05, 0) is 6.07 Å². The standard InChI is InChI=1S/C11H12N2O2/c12-6-9-7-15-11(13-9)5-8-3-1-2-4-10(8)14/h1-4,7,14H,5-6,12H2. The van der Waals surface area contributed by atoms with E-state index in [0.717, 1.165) is 11.3 Å². The van der Waals surface area contributed by atoms with E-state index in [0.29, 0.717) is 18.9 Å². The van der Waals surface area contributed by atoms with Crippen molar-refractivity contribution in [1.82, 2.24) is 4.98 Å². The molecule has 0 aliphatic heterocycles. The van der Waals surface area contributed by atoms with Crippen molar-refractivity contribution in [2.75, 3.05) is 0 Å². The Morgan fingerprint density at radius 2 is 2.13 bits per heavy atom. The van der Waals surface area contributed by atoms with Gasteiger partial charge in [-0.2, -0.15) is 0 Å². The van der Waals surface area contributed by atoms with E-state index in [1.165, 1.54) is 6.26 Å². The molecule has 0 amide bonds. The molecule has 78 valence electrons. The Labute approximate surface area is 87.4 Å². The smallest absolute Gasteiger partial charge is 0.198 e. The van der Waals surface area contributed by atoms with Gasteiger partial charge in [0.15, 0.2) is 5.89 Å². The molecule has 0 aliphatic rings. The van der Waals surface area contributed by atoms with Gasteiger partial charge < -0.3 is 15.3 Å². The summed E-state index contributed by atoms with van der Waals surface area (Å²) in [4.78, 5) is 4.16. The molecule has 15 heavy (non-hydrogen) atoms. The number of benzene rings is 1. The summed E-state index contributed by atoms with van der Waals surface area (Å²) < 4.78 is 5.21. The fourth-order valence-electron chi connectivity index (χ4n) is 1.35. The molecule has 2 rings (SSSR count). The van der Waals surface area contributed by atoms with Crippen LogP contribution in [0.1, 0.15) is 17.1 Å². The summed E-state index contributed by atoms with van der Waals surface area (Å²) in [6.45, 7) is 0.365. The fourth-order valence-corrected chi connectivity index (χ4v) is 1.35. The number of oxazole rings is 1. The summed E-state index contributed by atoms with van der Waals surface area (Å²) in [6, 6.07) is 7.12. The van der Waals surface area contributed by atoms with Gasteiger partial charge in [0.1, 0.15) is 12.0 Å². The van der Waals surface area contributed by atoms with Gasteiger partial charge in [0, 0.05) is 12.1 Å². The van der Waals surface area contributed by atoms with Gasteiger partial charge in [-0.25, -0.2) is 4.98 Å². The molecule has 0 radical (unpaired) electrons. The zero-order valence-electron chi connectivity index (χ0n) is 8.18. The molecular weight excluding hydrogens is 192 g/mol. The molecule has 0 bridgehead atoms. The van der Waals surface area contributed by atoms with Gasteiger partial charge in [0.2, 0.25) is 0 Å². The third-order valence-corrected chi connectivity index (χ3v) is 2.14. The van der Waals surface area contributed by atoms with Crippen LogP contribution in [0.2, 0.25) is 0 Å². The van der Waals surface area contributed by atoms with E-state index in [9.17, 15) is 5.11 Å². The second-order valence-corrected chi connectivity index (χ2v) is 3.24. The van der Waals surface area contributed by atoms with Crippen molar-refractivity contribution >= 4 is 0 Å². The molecule has 1 aromatic heterocycles. The van der Waals surface area contributed by atoms with Crippen LogP contribution in [0.4, 0.5) is 0 Å². The molecule has 0 fully saturated rings. The van der Waals surface area contributed by atoms with Gasteiger partial charge in [-0.15, -0.1) is 0 Å². The second kappa shape index (κ2) is 4.14. The van der Waals surface area contributed by atoms with E-state index in [2.05, 4.69) is 4.98 Å². The maximum absolute atomic E-state index is 9.54. The first-order valence-corrected chi connectivity index (χ1v) is 4.70. The van der Waals surface area contributed by atoms with Crippen LogP contribution in [0, 0.1) is 0 Å². The van der Waals surface area contributed by atoms with E-state index in [4.69, 9.17) is 10.2 Å². The fraction of sp³-hybridized carbons (Fsp3) is 0.182. The van der Waals surface area contributed by atoms with Crippen LogP contribution in [0.25, 0.3) is 0 Å². The lowest BCUT2D eigenvalue weighted by molar-refractivity contribution is 0.461. The normalized spacial score (nSPS) is 10.5. The number of hydrogen-bond donors (Lipinski definition) is 2. The molecule has 1 aromatic carbocycles. The summed E-state index contributed by atoms with van der Waals surface area (Å²) in [5.41, 5.74) is 6.93. The summed E-state index contributed by atoms with van der Waals surface area (Å²) >= 11 is 0. The average molecular weight is 204 g/mol. The molecule has 0 saturated carbocycles. The first-order chi connectivity index (χ1) is 7.29. The molecule has 4 heteroatoms. The van der Waals surface area contributed by atoms with E-state index in [1.807, 2.05) is 12.1 Å². The molecule has 3 N–H and O–H groups in total. The van der Waals surface area contributed by atoms with E-state index in [1.54, 1.807) is 12.1 Å². The molecule has 1 heterocycles. The van der Waals surface area contributed by atoms with Crippen molar-refractivity contribution in [3.05, 3.63) is 47.7 Å². The predicted octanol–water partition coefficient (Wildman–Crippen LogP) is 1.43. The third kappa shape index (κ3) is 2.16. The Hall–Kier alpha value is -1.81. The minimum atomic E-state index is 0.255. The SMILES string of the molecule is NCc1coc(Cc2ccccc2O)n1. The highest BCUT2D eigenvalue weighted by atomic mass is 16.3. The largest absolute Gasteiger partial charge is 0.508 e.